The number of carbonyl (C=O) groups excluding carboxylic acids is 2. The molecule has 2 aromatic carbocycles. The van der Waals surface area contributed by atoms with E-state index >= 15 is 0 Å². The van der Waals surface area contributed by atoms with Crippen molar-refractivity contribution < 1.29 is 19.1 Å². The van der Waals surface area contributed by atoms with Crippen LogP contribution in [0.25, 0.3) is 0 Å². The Morgan fingerprint density at radius 2 is 1.44 bits per heavy atom. The normalized spacial score (nSPS) is 10.6. The van der Waals surface area contributed by atoms with Crippen LogP contribution in [0, 0.1) is 0 Å². The number of amides is 2. The van der Waals surface area contributed by atoms with E-state index < -0.39 is 11.8 Å². The minimum atomic E-state index is -0.448. The van der Waals surface area contributed by atoms with Crippen molar-refractivity contribution >= 4 is 11.8 Å². The fraction of sp³-hybridized carbons (Fsp3) is 0.333. The van der Waals surface area contributed by atoms with E-state index in [4.69, 9.17) is 9.47 Å². The van der Waals surface area contributed by atoms with E-state index in [2.05, 4.69) is 24.7 Å². The van der Waals surface area contributed by atoms with Gasteiger partial charge in [-0.05, 0) is 61.7 Å². The Kier molecular flexibility index (Phi) is 7.23. The van der Waals surface area contributed by atoms with E-state index in [0.29, 0.717) is 23.0 Å². The lowest BCUT2D eigenvalue weighted by molar-refractivity contribution is -0.123. The Morgan fingerprint density at radius 3 is 2.00 bits per heavy atom. The first-order valence-corrected chi connectivity index (χ1v) is 8.94. The molecule has 0 aromatic heterocycles. The maximum Gasteiger partial charge on any atom is 0.276 e. The SMILES string of the molecule is CC(C)Oc1ccc(C(=O)NNC(=O)COc2ccc(C(C)C)cc2)cc1. The van der Waals surface area contributed by atoms with Gasteiger partial charge < -0.3 is 9.47 Å². The number of rotatable bonds is 7. The van der Waals surface area contributed by atoms with Crippen molar-refractivity contribution in [2.24, 2.45) is 0 Å². The molecule has 0 fully saturated rings. The first-order chi connectivity index (χ1) is 12.8. The van der Waals surface area contributed by atoms with Gasteiger partial charge in [-0.25, -0.2) is 0 Å². The summed E-state index contributed by atoms with van der Waals surface area (Å²) in [6, 6.07) is 14.3. The molecule has 0 atom stereocenters. The largest absolute Gasteiger partial charge is 0.491 e. The molecule has 2 aromatic rings. The van der Waals surface area contributed by atoms with Crippen LogP contribution in [0.3, 0.4) is 0 Å². The first kappa shape index (κ1) is 20.3. The Hall–Kier alpha value is -3.02. The van der Waals surface area contributed by atoms with Gasteiger partial charge >= 0.3 is 0 Å². The van der Waals surface area contributed by atoms with E-state index in [-0.39, 0.29) is 12.7 Å². The number of nitrogens with one attached hydrogen (secondary N) is 2. The molecule has 0 aliphatic rings. The average molecular weight is 370 g/mol. The van der Waals surface area contributed by atoms with Crippen LogP contribution >= 0.6 is 0 Å². The highest BCUT2D eigenvalue weighted by molar-refractivity contribution is 5.95. The third kappa shape index (κ3) is 6.66. The highest BCUT2D eigenvalue weighted by atomic mass is 16.5. The van der Waals surface area contributed by atoms with Gasteiger partial charge in [-0.3, -0.25) is 20.4 Å². The van der Waals surface area contributed by atoms with Gasteiger partial charge in [-0.2, -0.15) is 0 Å². The Morgan fingerprint density at radius 1 is 0.852 bits per heavy atom. The Balaban J connectivity index is 1.76. The molecule has 2 N–H and O–H groups in total. The molecular formula is C21H26N2O4. The summed E-state index contributed by atoms with van der Waals surface area (Å²) in [5.41, 5.74) is 6.30. The van der Waals surface area contributed by atoms with E-state index in [1.807, 2.05) is 38.1 Å². The van der Waals surface area contributed by atoms with Crippen molar-refractivity contribution in [3.05, 3.63) is 59.7 Å². The summed E-state index contributed by atoms with van der Waals surface area (Å²) < 4.78 is 10.9. The van der Waals surface area contributed by atoms with Crippen LogP contribution in [-0.4, -0.2) is 24.5 Å². The molecule has 27 heavy (non-hydrogen) atoms. The van der Waals surface area contributed by atoms with Gasteiger partial charge in [0.1, 0.15) is 11.5 Å². The van der Waals surface area contributed by atoms with Gasteiger partial charge in [0.25, 0.3) is 11.8 Å². The second-order valence-corrected chi connectivity index (χ2v) is 6.71. The zero-order valence-corrected chi connectivity index (χ0v) is 16.1. The maximum atomic E-state index is 12.1. The standard InChI is InChI=1S/C21H26N2O4/c1-14(2)16-5-9-18(10-6-16)26-13-20(24)22-23-21(25)17-7-11-19(12-8-17)27-15(3)4/h5-12,14-15H,13H2,1-4H3,(H,22,24)(H,23,25). The number of ether oxygens (including phenoxy) is 2. The van der Waals surface area contributed by atoms with Gasteiger partial charge in [0.2, 0.25) is 0 Å². The van der Waals surface area contributed by atoms with Crippen LogP contribution in [0.2, 0.25) is 0 Å². The van der Waals surface area contributed by atoms with Crippen LogP contribution < -0.4 is 20.3 Å². The van der Waals surface area contributed by atoms with Gasteiger partial charge in [-0.15, -0.1) is 0 Å². The molecule has 0 saturated carbocycles. The highest BCUT2D eigenvalue weighted by Gasteiger charge is 2.09. The molecular weight excluding hydrogens is 344 g/mol. The predicted octanol–water partition coefficient (Wildman–Crippen LogP) is 3.44. The molecule has 6 nitrogen and oxygen atoms in total. The molecule has 0 spiro atoms. The summed E-state index contributed by atoms with van der Waals surface area (Å²) in [6.07, 6.45) is 0.0607. The predicted molar refractivity (Wildman–Crippen MR) is 104 cm³/mol. The van der Waals surface area contributed by atoms with Gasteiger partial charge in [0.15, 0.2) is 6.61 Å². The number of carbonyl (C=O) groups is 2. The van der Waals surface area contributed by atoms with Crippen molar-refractivity contribution in [3.8, 4) is 11.5 Å². The van der Waals surface area contributed by atoms with Gasteiger partial charge in [0, 0.05) is 5.56 Å². The van der Waals surface area contributed by atoms with Gasteiger partial charge in [0.05, 0.1) is 6.10 Å². The zero-order valence-electron chi connectivity index (χ0n) is 16.1. The van der Waals surface area contributed by atoms with Crippen LogP contribution in [0.4, 0.5) is 0 Å². The Bertz CT molecular complexity index is 753. The molecule has 2 rings (SSSR count). The summed E-state index contributed by atoms with van der Waals surface area (Å²) in [5.74, 6) is 0.851. The third-order valence-corrected chi connectivity index (χ3v) is 3.72. The summed E-state index contributed by atoms with van der Waals surface area (Å²) in [4.78, 5) is 23.9. The van der Waals surface area contributed by atoms with E-state index in [1.54, 1.807) is 24.3 Å². The number of hydrogen-bond acceptors (Lipinski definition) is 4. The smallest absolute Gasteiger partial charge is 0.276 e. The van der Waals surface area contributed by atoms with Gasteiger partial charge in [-0.1, -0.05) is 26.0 Å². The maximum absolute atomic E-state index is 12.1. The lowest BCUT2D eigenvalue weighted by atomic mass is 10.0. The minimum absolute atomic E-state index is 0.0607. The molecule has 0 saturated heterocycles. The van der Waals surface area contributed by atoms with Crippen molar-refractivity contribution in [1.29, 1.82) is 0 Å². The molecule has 6 heteroatoms. The number of benzene rings is 2. The van der Waals surface area contributed by atoms with Crippen LogP contribution in [-0.2, 0) is 4.79 Å². The monoisotopic (exact) mass is 370 g/mol. The quantitative estimate of drug-likeness (QED) is 0.732. The molecule has 144 valence electrons. The van der Waals surface area contributed by atoms with Crippen LogP contribution in [0.5, 0.6) is 11.5 Å². The summed E-state index contributed by atoms with van der Waals surface area (Å²) in [5, 5.41) is 0. The lowest BCUT2D eigenvalue weighted by Crippen LogP contribution is -2.43. The molecule has 0 radical (unpaired) electrons. The fourth-order valence-corrected chi connectivity index (χ4v) is 2.29. The zero-order chi connectivity index (χ0) is 19.8. The van der Waals surface area contributed by atoms with Crippen LogP contribution in [0.1, 0.15) is 49.5 Å². The minimum Gasteiger partial charge on any atom is -0.491 e. The fourth-order valence-electron chi connectivity index (χ4n) is 2.29. The molecule has 0 aliphatic heterocycles. The second kappa shape index (κ2) is 9.62. The molecule has 0 unspecified atom stereocenters. The third-order valence-electron chi connectivity index (χ3n) is 3.72. The van der Waals surface area contributed by atoms with E-state index in [0.717, 1.165) is 0 Å². The van der Waals surface area contributed by atoms with Crippen LogP contribution in [0.15, 0.2) is 48.5 Å². The Labute approximate surface area is 159 Å². The number of hydrogen-bond donors (Lipinski definition) is 2. The van der Waals surface area contributed by atoms with Crippen molar-refractivity contribution in [2.75, 3.05) is 6.61 Å². The molecule has 0 heterocycles. The molecule has 0 aliphatic carbocycles. The lowest BCUT2D eigenvalue weighted by Gasteiger charge is -2.11. The average Bonchev–Trinajstić information content (AvgIpc) is 2.65. The summed E-state index contributed by atoms with van der Waals surface area (Å²) in [6.45, 7) is 7.88. The first-order valence-electron chi connectivity index (χ1n) is 8.94. The number of hydrazine groups is 1. The van der Waals surface area contributed by atoms with Crippen molar-refractivity contribution in [1.82, 2.24) is 10.9 Å². The topological polar surface area (TPSA) is 76.7 Å². The summed E-state index contributed by atoms with van der Waals surface area (Å²) in [7, 11) is 0. The highest BCUT2D eigenvalue weighted by Crippen LogP contribution is 2.18. The molecule has 0 bridgehead atoms. The van der Waals surface area contributed by atoms with E-state index in [9.17, 15) is 9.59 Å². The molecule has 2 amide bonds. The summed E-state index contributed by atoms with van der Waals surface area (Å²) >= 11 is 0. The van der Waals surface area contributed by atoms with E-state index in [1.165, 1.54) is 5.56 Å². The van der Waals surface area contributed by atoms with Crippen molar-refractivity contribution in [3.63, 3.8) is 0 Å². The van der Waals surface area contributed by atoms with Crippen molar-refractivity contribution in [2.45, 2.75) is 39.7 Å². The second-order valence-electron chi connectivity index (χ2n) is 6.71.